The van der Waals surface area contributed by atoms with Gasteiger partial charge in [0.15, 0.2) is 0 Å². The Morgan fingerprint density at radius 3 is 2.31 bits per heavy atom. The molecule has 0 unspecified atom stereocenters. The van der Waals surface area contributed by atoms with E-state index in [1.54, 1.807) is 60.7 Å². The fraction of sp³-hybridized carbons (Fsp3) is 0.350. The lowest BCUT2D eigenvalue weighted by atomic mass is 9.70. The fourth-order valence-corrected chi connectivity index (χ4v) is 8.03. The summed E-state index contributed by atoms with van der Waals surface area (Å²) in [5, 5.41) is 14.4. The van der Waals surface area contributed by atoms with E-state index < -0.39 is 72.0 Å². The molecule has 3 amide bonds. The predicted octanol–water partition coefficient (Wildman–Crippen LogP) is 5.33. The standard InChI is InChI=1S/C40H42ClN3O7/c1-3-5-16-33(46)50-25-30(26-12-8-6-9-13-26)42-37(47)34-32-21-22-40(51-32)35(34)38(48)44(31(24-45)27-14-10-7-11-15-27)36(40)39(49)43(23-4-2)29-19-17-28(41)18-20-29/h3-4,6-15,17-20,30-32,34-36,45H,1-2,5,16,21-25H2,(H,42,47)/t30-,31+,32-,34+,35+,36-,40+/m0/s1. The molecule has 3 aromatic rings. The third kappa shape index (κ3) is 6.96. The van der Waals surface area contributed by atoms with Crippen molar-refractivity contribution in [3.8, 4) is 0 Å². The van der Waals surface area contributed by atoms with Crippen LogP contribution in [0.5, 0.6) is 0 Å². The van der Waals surface area contributed by atoms with Crippen molar-refractivity contribution in [2.75, 3.05) is 24.7 Å². The number of allylic oxidation sites excluding steroid dienone is 1. The summed E-state index contributed by atoms with van der Waals surface area (Å²) in [6.45, 7) is 7.07. The lowest BCUT2D eigenvalue weighted by molar-refractivity contribution is -0.146. The summed E-state index contributed by atoms with van der Waals surface area (Å²) < 4.78 is 12.3. The van der Waals surface area contributed by atoms with Gasteiger partial charge in [-0.25, -0.2) is 0 Å². The third-order valence-corrected chi connectivity index (χ3v) is 10.4. The maximum Gasteiger partial charge on any atom is 0.306 e. The van der Waals surface area contributed by atoms with Crippen molar-refractivity contribution < 1.29 is 33.8 Å². The molecule has 2 N–H and O–H groups in total. The first-order chi connectivity index (χ1) is 24.7. The molecule has 10 nitrogen and oxygen atoms in total. The van der Waals surface area contributed by atoms with Crippen LogP contribution in [0.3, 0.4) is 0 Å². The first kappa shape index (κ1) is 36.0. The van der Waals surface area contributed by atoms with Crippen molar-refractivity contribution in [2.45, 2.75) is 55.5 Å². The van der Waals surface area contributed by atoms with E-state index in [1.165, 1.54) is 9.80 Å². The van der Waals surface area contributed by atoms with Crippen molar-refractivity contribution >= 4 is 41.0 Å². The number of nitrogens with zero attached hydrogens (tertiary/aromatic N) is 2. The van der Waals surface area contributed by atoms with Gasteiger partial charge in [-0.15, -0.1) is 13.2 Å². The number of anilines is 1. The van der Waals surface area contributed by atoms with E-state index in [9.17, 15) is 24.3 Å². The molecule has 3 aliphatic heterocycles. The predicted molar refractivity (Wildman–Crippen MR) is 192 cm³/mol. The van der Waals surface area contributed by atoms with Crippen molar-refractivity contribution in [1.29, 1.82) is 0 Å². The van der Waals surface area contributed by atoms with Gasteiger partial charge in [-0.2, -0.15) is 0 Å². The number of rotatable bonds is 15. The number of hydrogen-bond donors (Lipinski definition) is 2. The van der Waals surface area contributed by atoms with Gasteiger partial charge in [0.05, 0.1) is 36.6 Å². The average molecular weight is 712 g/mol. The Labute approximate surface area is 302 Å². The second-order valence-electron chi connectivity index (χ2n) is 13.1. The molecule has 0 saturated carbocycles. The van der Waals surface area contributed by atoms with Crippen LogP contribution in [-0.4, -0.2) is 71.2 Å². The highest BCUT2D eigenvalue weighted by Crippen LogP contribution is 2.60. The molecule has 3 saturated heterocycles. The van der Waals surface area contributed by atoms with Crippen molar-refractivity contribution in [3.63, 3.8) is 0 Å². The summed E-state index contributed by atoms with van der Waals surface area (Å²) >= 11 is 6.18. The van der Waals surface area contributed by atoms with Crippen LogP contribution in [0.2, 0.25) is 5.02 Å². The molecular formula is C40H42ClN3O7. The van der Waals surface area contributed by atoms with Crippen LogP contribution < -0.4 is 10.2 Å². The van der Waals surface area contributed by atoms with E-state index in [-0.39, 0.29) is 19.6 Å². The maximum atomic E-state index is 15.0. The molecule has 0 aromatic heterocycles. The van der Waals surface area contributed by atoms with E-state index >= 15 is 0 Å². The van der Waals surface area contributed by atoms with Crippen LogP contribution in [0, 0.1) is 11.8 Å². The number of hydrogen-bond acceptors (Lipinski definition) is 7. The van der Waals surface area contributed by atoms with E-state index in [4.69, 9.17) is 21.1 Å². The number of nitrogens with one attached hydrogen (secondary N) is 1. The van der Waals surface area contributed by atoms with Crippen LogP contribution in [0.1, 0.15) is 48.9 Å². The number of aliphatic hydroxyl groups is 1. The fourth-order valence-electron chi connectivity index (χ4n) is 7.90. The normalized spacial score (nSPS) is 24.4. The Kier molecular flexibility index (Phi) is 11.0. The lowest BCUT2D eigenvalue weighted by Gasteiger charge is -2.39. The van der Waals surface area contributed by atoms with Gasteiger partial charge in [0.1, 0.15) is 18.2 Å². The smallest absolute Gasteiger partial charge is 0.306 e. The number of amides is 3. The molecule has 2 bridgehead atoms. The maximum absolute atomic E-state index is 15.0. The van der Waals surface area contributed by atoms with Gasteiger partial charge in [-0.05, 0) is 54.7 Å². The highest BCUT2D eigenvalue weighted by Gasteiger charge is 2.75. The Morgan fingerprint density at radius 2 is 1.69 bits per heavy atom. The topological polar surface area (TPSA) is 125 Å². The number of halogens is 1. The molecule has 3 heterocycles. The first-order valence-electron chi connectivity index (χ1n) is 17.2. The van der Waals surface area contributed by atoms with Gasteiger partial charge in [0, 0.05) is 23.7 Å². The van der Waals surface area contributed by atoms with Crippen molar-refractivity contribution in [3.05, 3.63) is 126 Å². The molecule has 3 aliphatic rings. The minimum atomic E-state index is -1.34. The number of likely N-dealkylation sites (tertiary alicyclic amines) is 1. The Hall–Kier alpha value is -4.77. The van der Waals surface area contributed by atoms with Crippen LogP contribution >= 0.6 is 11.6 Å². The number of aliphatic hydroxyl groups excluding tert-OH is 1. The van der Waals surface area contributed by atoms with Gasteiger partial charge in [-0.1, -0.05) is 84.4 Å². The van der Waals surface area contributed by atoms with Gasteiger partial charge in [-0.3, -0.25) is 19.2 Å². The van der Waals surface area contributed by atoms with Crippen LogP contribution in [0.25, 0.3) is 0 Å². The molecule has 6 rings (SSSR count). The summed E-state index contributed by atoms with van der Waals surface area (Å²) in [7, 11) is 0. The third-order valence-electron chi connectivity index (χ3n) is 10.2. The zero-order valence-electron chi connectivity index (χ0n) is 28.2. The van der Waals surface area contributed by atoms with Gasteiger partial charge >= 0.3 is 5.97 Å². The number of benzene rings is 3. The molecule has 3 fully saturated rings. The van der Waals surface area contributed by atoms with Gasteiger partial charge < -0.3 is 29.7 Å². The number of carbonyl (C=O) groups is 4. The molecule has 7 atom stereocenters. The minimum absolute atomic E-state index is 0.112. The van der Waals surface area contributed by atoms with Crippen molar-refractivity contribution in [2.24, 2.45) is 11.8 Å². The average Bonchev–Trinajstić information content (AvgIpc) is 3.80. The minimum Gasteiger partial charge on any atom is -0.463 e. The zero-order chi connectivity index (χ0) is 36.1. The molecule has 3 aromatic carbocycles. The summed E-state index contributed by atoms with van der Waals surface area (Å²) in [5.74, 6) is -3.67. The Bertz CT molecular complexity index is 1750. The molecule has 0 aliphatic carbocycles. The second-order valence-corrected chi connectivity index (χ2v) is 13.5. The van der Waals surface area contributed by atoms with Crippen LogP contribution in [0.4, 0.5) is 5.69 Å². The zero-order valence-corrected chi connectivity index (χ0v) is 29.0. The highest BCUT2D eigenvalue weighted by molar-refractivity contribution is 6.30. The van der Waals surface area contributed by atoms with E-state index in [0.29, 0.717) is 35.5 Å². The highest BCUT2D eigenvalue weighted by atomic mass is 35.5. The number of ether oxygens (including phenoxy) is 2. The molecular weight excluding hydrogens is 670 g/mol. The monoisotopic (exact) mass is 711 g/mol. The van der Waals surface area contributed by atoms with Crippen molar-refractivity contribution in [1.82, 2.24) is 10.2 Å². The summed E-state index contributed by atoms with van der Waals surface area (Å²) in [4.78, 5) is 59.6. The number of fused-ring (bicyclic) bond motifs is 1. The van der Waals surface area contributed by atoms with E-state index in [1.807, 2.05) is 36.4 Å². The van der Waals surface area contributed by atoms with Gasteiger partial charge in [0.25, 0.3) is 5.91 Å². The molecule has 0 radical (unpaired) electrons. The number of carbonyl (C=O) groups excluding carboxylic acids is 4. The van der Waals surface area contributed by atoms with Crippen LogP contribution in [-0.2, 0) is 28.7 Å². The first-order valence-corrected chi connectivity index (χ1v) is 17.6. The summed E-state index contributed by atoms with van der Waals surface area (Å²) in [6.07, 6.45) is 4.04. The largest absolute Gasteiger partial charge is 0.463 e. The van der Waals surface area contributed by atoms with E-state index in [2.05, 4.69) is 18.5 Å². The van der Waals surface area contributed by atoms with Gasteiger partial charge in [0.2, 0.25) is 11.8 Å². The SMILES string of the molecule is C=CCCC(=O)OC[C@H](NC(=O)[C@@H]1[C@@H]2CC[C@]3(O2)[C@H](C(=O)N(CC=C)c2ccc(Cl)cc2)N([C@H](CO)c2ccccc2)C(=O)[C@@H]13)c1ccccc1. The molecule has 11 heteroatoms. The summed E-state index contributed by atoms with van der Waals surface area (Å²) in [6, 6.07) is 22.2. The summed E-state index contributed by atoms with van der Waals surface area (Å²) in [5.41, 5.74) is 0.573. The Morgan fingerprint density at radius 1 is 1.02 bits per heavy atom. The quantitative estimate of drug-likeness (QED) is 0.161. The second kappa shape index (κ2) is 15.6. The Balaban J connectivity index is 1.37. The molecule has 266 valence electrons. The van der Waals surface area contributed by atoms with Crippen LogP contribution in [0.15, 0.2) is 110 Å². The lowest BCUT2D eigenvalue weighted by Crippen LogP contribution is -2.57. The molecule has 51 heavy (non-hydrogen) atoms. The molecule has 1 spiro atoms. The number of esters is 1. The van der Waals surface area contributed by atoms with E-state index in [0.717, 1.165) is 5.56 Å².